The molecule has 1 aliphatic rings. The fourth-order valence-electron chi connectivity index (χ4n) is 1.50. The van der Waals surface area contributed by atoms with Crippen molar-refractivity contribution in [3.63, 3.8) is 0 Å². The van der Waals surface area contributed by atoms with Crippen LogP contribution in [0.3, 0.4) is 0 Å². The normalized spacial score (nSPS) is 37.1. The van der Waals surface area contributed by atoms with Gasteiger partial charge in [-0.1, -0.05) is 0 Å². The first-order chi connectivity index (χ1) is 5.05. The fourth-order valence-corrected chi connectivity index (χ4v) is 1.50. The highest BCUT2D eigenvalue weighted by atomic mass is 16.5. The maximum absolute atomic E-state index is 8.96. The number of hydrogen-bond donors (Lipinski definition) is 2. The Morgan fingerprint density at radius 1 is 1.64 bits per heavy atom. The van der Waals surface area contributed by atoms with Crippen molar-refractivity contribution in [1.82, 2.24) is 0 Å². The Morgan fingerprint density at radius 2 is 2.27 bits per heavy atom. The topological polar surface area (TPSA) is 55.5 Å². The molecule has 3 nitrogen and oxygen atoms in total. The minimum Gasteiger partial charge on any atom is -0.396 e. The lowest BCUT2D eigenvalue weighted by Crippen LogP contribution is -2.48. The number of nitrogens with two attached hydrogens (primary N) is 1. The molecule has 11 heavy (non-hydrogen) atoms. The SMILES string of the molecule is CC1(C)CC(CO)C(N)CO1. The van der Waals surface area contributed by atoms with Crippen LogP contribution >= 0.6 is 0 Å². The Labute approximate surface area is 67.5 Å². The molecule has 1 heterocycles. The van der Waals surface area contributed by atoms with Gasteiger partial charge in [-0.2, -0.15) is 0 Å². The van der Waals surface area contributed by atoms with E-state index >= 15 is 0 Å². The van der Waals surface area contributed by atoms with E-state index in [9.17, 15) is 0 Å². The maximum Gasteiger partial charge on any atom is 0.0631 e. The Balaban J connectivity index is 2.51. The second-order valence-electron chi connectivity index (χ2n) is 3.88. The van der Waals surface area contributed by atoms with Crippen LogP contribution in [0.2, 0.25) is 0 Å². The van der Waals surface area contributed by atoms with E-state index in [1.54, 1.807) is 0 Å². The van der Waals surface area contributed by atoms with Crippen molar-refractivity contribution in [3.05, 3.63) is 0 Å². The van der Waals surface area contributed by atoms with Crippen molar-refractivity contribution in [3.8, 4) is 0 Å². The minimum atomic E-state index is -0.108. The Hall–Kier alpha value is -0.120. The summed E-state index contributed by atoms with van der Waals surface area (Å²) in [5.74, 6) is 0.207. The van der Waals surface area contributed by atoms with Gasteiger partial charge in [0.2, 0.25) is 0 Å². The smallest absolute Gasteiger partial charge is 0.0631 e. The van der Waals surface area contributed by atoms with Crippen LogP contribution in [0, 0.1) is 5.92 Å². The van der Waals surface area contributed by atoms with E-state index in [0.29, 0.717) is 6.61 Å². The number of aliphatic hydroxyl groups is 1. The van der Waals surface area contributed by atoms with Crippen molar-refractivity contribution in [2.24, 2.45) is 11.7 Å². The van der Waals surface area contributed by atoms with Gasteiger partial charge in [0.05, 0.1) is 12.2 Å². The largest absolute Gasteiger partial charge is 0.396 e. The zero-order valence-corrected chi connectivity index (χ0v) is 7.21. The molecule has 0 aromatic heterocycles. The molecular formula is C8H17NO2. The van der Waals surface area contributed by atoms with Gasteiger partial charge in [-0.25, -0.2) is 0 Å². The summed E-state index contributed by atoms with van der Waals surface area (Å²) in [6, 6.07) is 0.00743. The molecule has 1 rings (SSSR count). The molecule has 0 aromatic rings. The number of rotatable bonds is 1. The lowest BCUT2D eigenvalue weighted by molar-refractivity contribution is -0.0902. The van der Waals surface area contributed by atoms with Crippen LogP contribution in [0.1, 0.15) is 20.3 Å². The molecule has 0 aromatic carbocycles. The van der Waals surface area contributed by atoms with E-state index in [0.717, 1.165) is 6.42 Å². The van der Waals surface area contributed by atoms with Gasteiger partial charge in [-0.3, -0.25) is 0 Å². The fraction of sp³-hybridized carbons (Fsp3) is 1.00. The van der Waals surface area contributed by atoms with E-state index in [2.05, 4.69) is 0 Å². The van der Waals surface area contributed by atoms with Gasteiger partial charge in [-0.15, -0.1) is 0 Å². The van der Waals surface area contributed by atoms with Crippen LogP contribution in [0.25, 0.3) is 0 Å². The molecule has 0 radical (unpaired) electrons. The second-order valence-corrected chi connectivity index (χ2v) is 3.88. The third kappa shape index (κ3) is 2.15. The first-order valence-electron chi connectivity index (χ1n) is 4.05. The molecule has 0 saturated carbocycles. The van der Waals surface area contributed by atoms with Crippen molar-refractivity contribution in [2.45, 2.75) is 31.9 Å². The first-order valence-corrected chi connectivity index (χ1v) is 4.05. The summed E-state index contributed by atoms with van der Waals surface area (Å²) in [6.45, 7) is 4.80. The van der Waals surface area contributed by atoms with Crippen molar-refractivity contribution in [1.29, 1.82) is 0 Å². The number of ether oxygens (including phenoxy) is 1. The monoisotopic (exact) mass is 159 g/mol. The van der Waals surface area contributed by atoms with Gasteiger partial charge >= 0.3 is 0 Å². The number of aliphatic hydroxyl groups excluding tert-OH is 1. The van der Waals surface area contributed by atoms with Gasteiger partial charge in [0, 0.05) is 18.6 Å². The summed E-state index contributed by atoms with van der Waals surface area (Å²) >= 11 is 0. The molecular weight excluding hydrogens is 142 g/mol. The molecule has 1 saturated heterocycles. The highest BCUT2D eigenvalue weighted by Crippen LogP contribution is 2.27. The third-order valence-electron chi connectivity index (χ3n) is 2.26. The summed E-state index contributed by atoms with van der Waals surface area (Å²) in [5.41, 5.74) is 5.62. The van der Waals surface area contributed by atoms with Crippen LogP contribution in [0.5, 0.6) is 0 Å². The predicted octanol–water partition coefficient (Wildman–Crippen LogP) is 0.121. The Bertz CT molecular complexity index is 136. The van der Waals surface area contributed by atoms with Gasteiger partial charge < -0.3 is 15.6 Å². The molecule has 0 aliphatic carbocycles. The second kappa shape index (κ2) is 3.09. The van der Waals surface area contributed by atoms with Crippen LogP contribution < -0.4 is 5.73 Å². The average molecular weight is 159 g/mol. The molecule has 3 N–H and O–H groups in total. The van der Waals surface area contributed by atoms with E-state index < -0.39 is 0 Å². The van der Waals surface area contributed by atoms with E-state index in [1.807, 2.05) is 13.8 Å². The highest BCUT2D eigenvalue weighted by Gasteiger charge is 2.33. The van der Waals surface area contributed by atoms with Gasteiger partial charge in [0.15, 0.2) is 0 Å². The summed E-state index contributed by atoms with van der Waals surface area (Å²) in [7, 11) is 0. The Kier molecular flexibility index (Phi) is 2.52. The van der Waals surface area contributed by atoms with Crippen LogP contribution in [-0.2, 0) is 4.74 Å². The predicted molar refractivity (Wildman–Crippen MR) is 43.2 cm³/mol. The zero-order valence-electron chi connectivity index (χ0n) is 7.21. The molecule has 2 unspecified atom stereocenters. The molecule has 0 amide bonds. The molecule has 1 aliphatic heterocycles. The lowest BCUT2D eigenvalue weighted by Gasteiger charge is -2.38. The molecule has 0 bridgehead atoms. The molecule has 3 heteroatoms. The molecule has 1 fully saturated rings. The average Bonchev–Trinajstić information content (AvgIpc) is 1.94. The molecule has 2 atom stereocenters. The van der Waals surface area contributed by atoms with E-state index in [1.165, 1.54) is 0 Å². The highest BCUT2D eigenvalue weighted by molar-refractivity contribution is 4.85. The van der Waals surface area contributed by atoms with Gasteiger partial charge in [-0.05, 0) is 20.3 Å². The minimum absolute atomic E-state index is 0.00743. The maximum atomic E-state index is 8.96. The summed E-state index contributed by atoms with van der Waals surface area (Å²) in [6.07, 6.45) is 0.852. The zero-order chi connectivity index (χ0) is 8.48. The quantitative estimate of drug-likeness (QED) is 0.571. The van der Waals surface area contributed by atoms with E-state index in [-0.39, 0.29) is 24.2 Å². The van der Waals surface area contributed by atoms with Crippen molar-refractivity contribution >= 4 is 0 Å². The lowest BCUT2D eigenvalue weighted by atomic mass is 9.86. The number of hydrogen-bond acceptors (Lipinski definition) is 3. The third-order valence-corrected chi connectivity index (χ3v) is 2.26. The standard InChI is InChI=1S/C8H17NO2/c1-8(2)3-6(4-10)7(9)5-11-8/h6-7,10H,3-5,9H2,1-2H3. The van der Waals surface area contributed by atoms with Crippen molar-refractivity contribution in [2.75, 3.05) is 13.2 Å². The van der Waals surface area contributed by atoms with Gasteiger partial charge in [0.1, 0.15) is 0 Å². The summed E-state index contributed by atoms with van der Waals surface area (Å²) in [4.78, 5) is 0. The molecule has 0 spiro atoms. The van der Waals surface area contributed by atoms with E-state index in [4.69, 9.17) is 15.6 Å². The van der Waals surface area contributed by atoms with Crippen LogP contribution in [0.15, 0.2) is 0 Å². The first kappa shape index (κ1) is 8.97. The van der Waals surface area contributed by atoms with Gasteiger partial charge in [0.25, 0.3) is 0 Å². The van der Waals surface area contributed by atoms with Crippen molar-refractivity contribution < 1.29 is 9.84 Å². The summed E-state index contributed by atoms with van der Waals surface area (Å²) in [5, 5.41) is 8.96. The van der Waals surface area contributed by atoms with Crippen LogP contribution in [0.4, 0.5) is 0 Å². The Morgan fingerprint density at radius 3 is 2.73 bits per heavy atom. The van der Waals surface area contributed by atoms with Crippen LogP contribution in [-0.4, -0.2) is 30.0 Å². The summed E-state index contributed by atoms with van der Waals surface area (Å²) < 4.78 is 5.47. The molecule has 66 valence electrons.